The zero-order valence-corrected chi connectivity index (χ0v) is 13.4. The van der Waals surface area contributed by atoms with Gasteiger partial charge >= 0.3 is 0 Å². The van der Waals surface area contributed by atoms with E-state index in [-0.39, 0.29) is 0 Å². The van der Waals surface area contributed by atoms with Crippen LogP contribution in [-0.2, 0) is 11.8 Å². The Hall–Kier alpha value is -1.61. The summed E-state index contributed by atoms with van der Waals surface area (Å²) in [5, 5.41) is -0.0829. The number of halogens is 1. The van der Waals surface area contributed by atoms with Gasteiger partial charge in [-0.15, -0.1) is 0 Å². The Labute approximate surface area is 123 Å². The molecule has 20 heavy (non-hydrogen) atoms. The van der Waals surface area contributed by atoms with Gasteiger partial charge in [-0.2, -0.15) is 0 Å². The number of rotatable bonds is 2. The van der Waals surface area contributed by atoms with Crippen molar-refractivity contribution in [2.45, 2.75) is 34.6 Å². The highest BCUT2D eigenvalue weighted by Gasteiger charge is 2.26. The van der Waals surface area contributed by atoms with E-state index < -0.39 is 11.0 Å². The van der Waals surface area contributed by atoms with Crippen molar-refractivity contribution >= 4 is 33.5 Å². The molecule has 106 valence electrons. The summed E-state index contributed by atoms with van der Waals surface area (Å²) >= 11 is 5.41. The summed E-state index contributed by atoms with van der Waals surface area (Å²) in [7, 11) is 1.91. The molecule has 0 radical (unpaired) electrons. The Kier molecular flexibility index (Phi) is 3.51. The number of aryl methyl sites for hydroxylation is 3. The number of benzene rings is 1. The number of carbonyl (C=O) groups is 2. The van der Waals surface area contributed by atoms with Gasteiger partial charge in [-0.3, -0.25) is 9.59 Å². The third-order valence-electron chi connectivity index (χ3n) is 4.51. The zero-order chi connectivity index (χ0) is 15.4. The number of hydrogen-bond acceptors (Lipinski definition) is 2. The fraction of sp³-hybridized carbons (Fsp3) is 0.375. The second-order valence-electron chi connectivity index (χ2n) is 5.35. The number of carbonyl (C=O) groups excluding carboxylic acids is 2. The summed E-state index contributed by atoms with van der Waals surface area (Å²) in [6, 6.07) is 0. The molecular formula is C16H18ClNO2. The van der Waals surface area contributed by atoms with Gasteiger partial charge in [-0.1, -0.05) is 0 Å². The number of hydrogen-bond donors (Lipinski definition) is 0. The Morgan fingerprint density at radius 3 is 1.90 bits per heavy atom. The van der Waals surface area contributed by atoms with E-state index in [1.54, 1.807) is 0 Å². The van der Waals surface area contributed by atoms with Gasteiger partial charge in [0.2, 0.25) is 5.78 Å². The molecule has 4 heteroatoms. The van der Waals surface area contributed by atoms with Crippen LogP contribution in [0.5, 0.6) is 0 Å². The van der Waals surface area contributed by atoms with Crippen molar-refractivity contribution in [2.24, 2.45) is 7.05 Å². The van der Waals surface area contributed by atoms with Crippen LogP contribution in [-0.4, -0.2) is 15.6 Å². The molecule has 0 aliphatic heterocycles. The van der Waals surface area contributed by atoms with Crippen molar-refractivity contribution in [3.8, 4) is 0 Å². The minimum atomic E-state index is -0.934. The van der Waals surface area contributed by atoms with Gasteiger partial charge in [0.1, 0.15) is 0 Å². The van der Waals surface area contributed by atoms with Crippen molar-refractivity contribution in [1.29, 1.82) is 0 Å². The molecule has 1 aromatic carbocycles. The van der Waals surface area contributed by atoms with Gasteiger partial charge < -0.3 is 4.57 Å². The monoisotopic (exact) mass is 291 g/mol. The van der Waals surface area contributed by atoms with E-state index in [0.717, 1.165) is 33.3 Å². The predicted octanol–water partition coefficient (Wildman–Crippen LogP) is 3.67. The van der Waals surface area contributed by atoms with Crippen LogP contribution in [0.2, 0.25) is 0 Å². The summed E-state index contributed by atoms with van der Waals surface area (Å²) in [6.45, 7) is 9.99. The van der Waals surface area contributed by atoms with Gasteiger partial charge in [-0.05, 0) is 68.5 Å². The highest BCUT2D eigenvalue weighted by atomic mass is 35.5. The molecule has 0 atom stereocenters. The largest absolute Gasteiger partial charge is 0.347 e. The zero-order valence-electron chi connectivity index (χ0n) is 12.6. The molecule has 3 nitrogen and oxygen atoms in total. The topological polar surface area (TPSA) is 39.1 Å². The van der Waals surface area contributed by atoms with Gasteiger partial charge in [0.15, 0.2) is 0 Å². The van der Waals surface area contributed by atoms with Crippen LogP contribution in [0.3, 0.4) is 0 Å². The van der Waals surface area contributed by atoms with Crippen LogP contribution in [0.4, 0.5) is 0 Å². The maximum absolute atomic E-state index is 12.2. The third kappa shape index (κ3) is 1.80. The van der Waals surface area contributed by atoms with Crippen LogP contribution in [0, 0.1) is 34.6 Å². The first-order chi connectivity index (χ1) is 9.20. The number of nitrogens with zero attached hydrogens (tertiary/aromatic N) is 1. The molecule has 0 spiro atoms. The lowest BCUT2D eigenvalue weighted by Crippen LogP contribution is -2.09. The normalized spacial score (nSPS) is 11.2. The molecule has 2 aromatic rings. The van der Waals surface area contributed by atoms with Gasteiger partial charge in [0.05, 0.1) is 11.1 Å². The molecule has 1 heterocycles. The molecule has 0 amide bonds. The van der Waals surface area contributed by atoms with Crippen molar-refractivity contribution in [1.82, 2.24) is 4.57 Å². The van der Waals surface area contributed by atoms with Crippen LogP contribution in [0.1, 0.15) is 38.3 Å². The molecule has 0 unspecified atom stereocenters. The fourth-order valence-electron chi connectivity index (χ4n) is 2.91. The number of fused-ring (bicyclic) bond motifs is 1. The van der Waals surface area contributed by atoms with E-state index in [4.69, 9.17) is 11.6 Å². The van der Waals surface area contributed by atoms with Crippen molar-refractivity contribution in [2.75, 3.05) is 0 Å². The lowest BCUT2D eigenvalue weighted by atomic mass is 9.93. The van der Waals surface area contributed by atoms with Crippen LogP contribution in [0.25, 0.3) is 10.9 Å². The van der Waals surface area contributed by atoms with Crippen LogP contribution < -0.4 is 0 Å². The predicted molar refractivity (Wildman–Crippen MR) is 81.8 cm³/mol. The maximum Gasteiger partial charge on any atom is 0.293 e. The molecule has 1 aromatic heterocycles. The van der Waals surface area contributed by atoms with Crippen LogP contribution in [0.15, 0.2) is 0 Å². The molecule has 0 aliphatic carbocycles. The Morgan fingerprint density at radius 2 is 1.40 bits per heavy atom. The summed E-state index contributed by atoms with van der Waals surface area (Å²) in [5.41, 5.74) is 6.75. The SMILES string of the molecule is Cc1c(C)c(C)c2c(c1C)c(C(=O)C(=O)Cl)c(C)n2C. The average Bonchev–Trinajstić information content (AvgIpc) is 2.66. The maximum atomic E-state index is 12.2. The summed E-state index contributed by atoms with van der Waals surface area (Å²) in [5.74, 6) is -0.625. The Morgan fingerprint density at radius 1 is 0.900 bits per heavy atom. The molecule has 0 saturated carbocycles. The standard InChI is InChI=1S/C16H18ClNO2/c1-7-8(2)10(4)14-12(9(7)3)13(11(5)18(14)6)15(19)16(17)20/h1-6H3. The van der Waals surface area contributed by atoms with E-state index >= 15 is 0 Å². The fourth-order valence-corrected chi connectivity index (χ4v) is 3.00. The first-order valence-corrected chi connectivity index (χ1v) is 6.87. The van der Waals surface area contributed by atoms with E-state index in [0.29, 0.717) is 5.56 Å². The van der Waals surface area contributed by atoms with E-state index in [2.05, 4.69) is 6.92 Å². The Bertz CT molecular complexity index is 769. The van der Waals surface area contributed by atoms with Gasteiger partial charge in [0.25, 0.3) is 5.24 Å². The lowest BCUT2D eigenvalue weighted by Gasteiger charge is -2.13. The second kappa shape index (κ2) is 4.74. The van der Waals surface area contributed by atoms with Crippen molar-refractivity contribution in [3.63, 3.8) is 0 Å². The summed E-state index contributed by atoms with van der Waals surface area (Å²) in [6.07, 6.45) is 0. The molecule has 0 N–H and O–H groups in total. The third-order valence-corrected chi connectivity index (χ3v) is 4.68. The van der Waals surface area contributed by atoms with Crippen molar-refractivity contribution < 1.29 is 9.59 Å². The van der Waals surface area contributed by atoms with Crippen LogP contribution >= 0.6 is 11.6 Å². The van der Waals surface area contributed by atoms with E-state index in [1.165, 1.54) is 5.56 Å². The van der Waals surface area contributed by atoms with Crippen molar-refractivity contribution in [3.05, 3.63) is 33.5 Å². The average molecular weight is 292 g/mol. The minimum absolute atomic E-state index is 0.436. The molecule has 0 bridgehead atoms. The minimum Gasteiger partial charge on any atom is -0.347 e. The first kappa shape index (κ1) is 14.8. The van der Waals surface area contributed by atoms with Gasteiger partial charge in [-0.25, -0.2) is 0 Å². The molecule has 0 aliphatic rings. The lowest BCUT2D eigenvalue weighted by molar-refractivity contribution is -0.108. The molecular weight excluding hydrogens is 274 g/mol. The van der Waals surface area contributed by atoms with E-state index in [9.17, 15) is 9.59 Å². The van der Waals surface area contributed by atoms with E-state index in [1.807, 2.05) is 39.3 Å². The highest BCUT2D eigenvalue weighted by molar-refractivity contribution is 6.83. The number of aromatic nitrogens is 1. The first-order valence-electron chi connectivity index (χ1n) is 6.49. The molecule has 0 saturated heterocycles. The summed E-state index contributed by atoms with van der Waals surface area (Å²) in [4.78, 5) is 23.5. The molecule has 2 rings (SSSR count). The molecule has 0 fully saturated rings. The number of ketones is 1. The smallest absolute Gasteiger partial charge is 0.293 e. The Balaban J connectivity index is 3.09. The highest BCUT2D eigenvalue weighted by Crippen LogP contribution is 2.35. The quantitative estimate of drug-likeness (QED) is 0.481. The van der Waals surface area contributed by atoms with Gasteiger partial charge in [0, 0.05) is 18.1 Å². The summed E-state index contributed by atoms with van der Waals surface area (Å²) < 4.78 is 1.97. The second-order valence-corrected chi connectivity index (χ2v) is 5.69. The number of Topliss-reactive ketones (excluding diaryl/α,β-unsaturated/α-hetero) is 1.